The van der Waals surface area contributed by atoms with Crippen LogP contribution < -0.4 is 18.9 Å². The van der Waals surface area contributed by atoms with Gasteiger partial charge < -0.3 is 33.2 Å². The van der Waals surface area contributed by atoms with E-state index in [0.29, 0.717) is 82.8 Å². The fourth-order valence-electron chi connectivity index (χ4n) is 7.42. The Balaban J connectivity index is 1.53. The lowest BCUT2D eigenvalue weighted by Crippen LogP contribution is -2.16. The normalized spacial score (nSPS) is 11.1. The van der Waals surface area contributed by atoms with Crippen LogP contribution in [-0.4, -0.2) is 67.1 Å². The lowest BCUT2D eigenvalue weighted by Gasteiger charge is -2.22. The molecule has 0 aliphatic carbocycles. The van der Waals surface area contributed by atoms with Crippen molar-refractivity contribution in [1.29, 1.82) is 0 Å². The average Bonchev–Trinajstić information content (AvgIpc) is 3.37. The number of fused-ring (bicyclic) bond motifs is 2. The Morgan fingerprint density at radius 2 is 1.12 bits per heavy atom. The van der Waals surface area contributed by atoms with Crippen LogP contribution in [0.4, 0.5) is 5.69 Å². The zero-order chi connectivity index (χ0) is 48.8. The Bertz CT molecular complexity index is 3070. The average molecular weight is 940 g/mol. The summed E-state index contributed by atoms with van der Waals surface area (Å²) < 4.78 is 42.7. The Kier molecular flexibility index (Phi) is 16.7. The second-order valence-corrected chi connectivity index (χ2v) is 21.7. The molecule has 352 valence electrons. The number of methoxy groups -OCH3 is 3. The molecule has 0 atom stereocenters. The fourth-order valence-corrected chi connectivity index (χ4v) is 7.93. The molecule has 11 nitrogen and oxygen atoms in total. The van der Waals surface area contributed by atoms with Crippen molar-refractivity contribution < 1.29 is 38.0 Å². The van der Waals surface area contributed by atoms with Crippen molar-refractivity contribution in [3.05, 3.63) is 161 Å². The summed E-state index contributed by atoms with van der Waals surface area (Å²) in [6.45, 7) is 12.5. The summed E-state index contributed by atoms with van der Waals surface area (Å²) in [5.41, 5.74) is 9.33. The minimum absolute atomic E-state index is 0.0610. The Morgan fingerprint density at radius 3 is 1.59 bits per heavy atom. The van der Waals surface area contributed by atoms with Gasteiger partial charge in [0.2, 0.25) is 0 Å². The Hall–Kier alpha value is -7.61. The molecule has 0 heterocycles. The second-order valence-electron chi connectivity index (χ2n) is 17.0. The first-order valence-corrected chi connectivity index (χ1v) is 26.2. The second kappa shape index (κ2) is 23.4. The number of hydrogen-bond donors (Lipinski definition) is 0. The minimum Gasteiger partial charge on any atom is -0.489 e. The highest BCUT2D eigenvalue weighted by Gasteiger charge is 2.26. The quantitative estimate of drug-likeness (QED) is 0.0207. The van der Waals surface area contributed by atoms with Crippen LogP contribution >= 0.6 is 0 Å². The molecule has 7 rings (SSSR count). The summed E-state index contributed by atoms with van der Waals surface area (Å²) >= 11 is 0. The molecule has 0 N–H and O–H groups in total. The highest BCUT2D eigenvalue weighted by Crippen LogP contribution is 2.50. The predicted molar refractivity (Wildman–Crippen MR) is 275 cm³/mol. The molecule has 0 aromatic heterocycles. The van der Waals surface area contributed by atoms with Crippen molar-refractivity contribution in [1.82, 2.24) is 5.01 Å². The summed E-state index contributed by atoms with van der Waals surface area (Å²) in [6.07, 6.45) is 0. The third-order valence-corrected chi connectivity index (χ3v) is 11.7. The number of rotatable bonds is 18. The van der Waals surface area contributed by atoms with Crippen molar-refractivity contribution in [2.45, 2.75) is 46.7 Å². The third kappa shape index (κ3) is 12.7. The topological polar surface area (TPSA) is 110 Å². The van der Waals surface area contributed by atoms with E-state index in [-0.39, 0.29) is 19.1 Å². The molecular formula is C57H57N3O8Si. The molecule has 0 aliphatic heterocycles. The number of nitrogens with zero attached hydrogens (tertiary/aromatic N) is 3. The molecule has 7 aromatic carbocycles. The number of carbonyl (C=O) groups is 1. The van der Waals surface area contributed by atoms with Crippen molar-refractivity contribution >= 4 is 41.3 Å². The van der Waals surface area contributed by atoms with Gasteiger partial charge in [-0.25, -0.2) is 4.79 Å². The Labute approximate surface area is 405 Å². The number of carbonyl (C=O) groups excluding carboxylic acids is 1. The van der Waals surface area contributed by atoms with Crippen LogP contribution in [0, 0.1) is 23.3 Å². The molecule has 69 heavy (non-hydrogen) atoms. The van der Waals surface area contributed by atoms with Crippen LogP contribution in [0.3, 0.4) is 0 Å². The maximum Gasteiger partial charge on any atom is 0.340 e. The summed E-state index contributed by atoms with van der Waals surface area (Å²) in [4.78, 5) is 13.1. The van der Waals surface area contributed by atoms with E-state index in [0.717, 1.165) is 32.7 Å². The first kappa shape index (κ1) is 49.3. The van der Waals surface area contributed by atoms with E-state index in [1.54, 1.807) is 37.4 Å². The number of benzene rings is 7. The summed E-state index contributed by atoms with van der Waals surface area (Å²) in [5.74, 6) is 11.9. The molecule has 0 radical (unpaired) electrons. The van der Waals surface area contributed by atoms with Crippen LogP contribution in [-0.2, 0) is 27.4 Å². The van der Waals surface area contributed by atoms with Gasteiger partial charge >= 0.3 is 5.97 Å². The minimum atomic E-state index is -1.90. The van der Waals surface area contributed by atoms with Crippen molar-refractivity contribution in [3.8, 4) is 57.4 Å². The van der Waals surface area contributed by atoms with Crippen LogP contribution in [0.2, 0.25) is 19.6 Å². The molecule has 0 amide bonds. The van der Waals surface area contributed by atoms with Gasteiger partial charge in [-0.2, -0.15) is 0 Å². The van der Waals surface area contributed by atoms with Gasteiger partial charge in [-0.15, -0.1) is 10.7 Å². The van der Waals surface area contributed by atoms with E-state index >= 15 is 0 Å². The van der Waals surface area contributed by atoms with E-state index in [2.05, 4.69) is 59.3 Å². The van der Waals surface area contributed by atoms with Crippen LogP contribution in [0.15, 0.2) is 138 Å². The largest absolute Gasteiger partial charge is 0.489 e. The van der Waals surface area contributed by atoms with Gasteiger partial charge in [-0.3, -0.25) is 5.01 Å². The number of hydrogen-bond acceptors (Lipinski definition) is 10. The monoisotopic (exact) mass is 939 g/mol. The van der Waals surface area contributed by atoms with Gasteiger partial charge in [-0.1, -0.05) is 115 Å². The highest BCUT2D eigenvalue weighted by molar-refractivity contribution is 6.83. The first-order chi connectivity index (χ1) is 33.5. The maximum atomic E-state index is 13.1. The van der Waals surface area contributed by atoms with E-state index in [1.165, 1.54) is 7.11 Å². The van der Waals surface area contributed by atoms with Crippen LogP contribution in [0.1, 0.15) is 52.0 Å². The molecule has 0 saturated heterocycles. The lowest BCUT2D eigenvalue weighted by atomic mass is 9.88. The predicted octanol–water partition coefficient (Wildman–Crippen LogP) is 12.5. The number of esters is 1. The summed E-state index contributed by atoms with van der Waals surface area (Å²) in [7, 11) is 2.59. The standard InChI is InChI=1S/C57H57N3O8Si/c1-9-60(10-2)59-58-52-28-22-40(31-51(52)57(61)64-5)21-23-45-32-43-24-26-47(65-36-41-17-13-11-14-18-41)34-49(43)53(55(45)67-38-62-3)54-50-35-48(66-37-42-19-15-12-16-20-42)27-25-44(50)33-46(29-30-69(6,7)8)56(54)68-39-63-4/h11-20,22,24-28,31-35H,9-10,36-39H2,1-8H3. The van der Waals surface area contributed by atoms with Gasteiger partial charge in [-0.05, 0) is 101 Å². The van der Waals surface area contributed by atoms with E-state index < -0.39 is 14.0 Å². The van der Waals surface area contributed by atoms with Crippen LogP contribution in [0.25, 0.3) is 32.7 Å². The molecule has 0 unspecified atom stereocenters. The zero-order valence-electron chi connectivity index (χ0n) is 40.5. The molecule has 0 aliphatic rings. The van der Waals surface area contributed by atoms with Gasteiger partial charge in [0, 0.05) is 44.0 Å². The van der Waals surface area contributed by atoms with Crippen molar-refractivity contribution in [2.24, 2.45) is 10.3 Å². The number of ether oxygens (including phenoxy) is 7. The van der Waals surface area contributed by atoms with E-state index in [1.807, 2.05) is 117 Å². The summed E-state index contributed by atoms with van der Waals surface area (Å²) in [5, 5.41) is 13.8. The molecule has 7 aromatic rings. The maximum absolute atomic E-state index is 13.1. The SMILES string of the molecule is CCN(CC)N=Nc1ccc(C#Cc2cc3ccc(OCc4ccccc4)cc3c(-c3c(OCOC)c(C#C[Si](C)(C)C)cc4ccc(OCc5ccccc5)cc34)c2OCOC)cc1C(=O)OC. The lowest BCUT2D eigenvalue weighted by molar-refractivity contribution is 0.0500. The van der Waals surface area contributed by atoms with E-state index in [4.69, 9.17) is 33.2 Å². The highest BCUT2D eigenvalue weighted by atomic mass is 28.3. The Morgan fingerprint density at radius 1 is 0.594 bits per heavy atom. The molecule has 0 saturated carbocycles. The smallest absolute Gasteiger partial charge is 0.340 e. The molecule has 0 bridgehead atoms. The van der Waals surface area contributed by atoms with Gasteiger partial charge in [0.25, 0.3) is 0 Å². The van der Waals surface area contributed by atoms with Gasteiger partial charge in [0.1, 0.15) is 50.0 Å². The molecule has 0 fully saturated rings. The molecular weight excluding hydrogens is 883 g/mol. The van der Waals surface area contributed by atoms with Gasteiger partial charge in [0.15, 0.2) is 13.6 Å². The third-order valence-electron chi connectivity index (χ3n) is 10.8. The van der Waals surface area contributed by atoms with E-state index in [9.17, 15) is 4.79 Å². The van der Waals surface area contributed by atoms with Crippen molar-refractivity contribution in [3.63, 3.8) is 0 Å². The summed E-state index contributed by atoms with van der Waals surface area (Å²) in [6, 6.07) is 41.3. The molecule has 0 spiro atoms. The molecule has 12 heteroatoms. The van der Waals surface area contributed by atoms with Crippen molar-refractivity contribution in [2.75, 3.05) is 48.0 Å². The van der Waals surface area contributed by atoms with Gasteiger partial charge in [0.05, 0.1) is 23.8 Å². The van der Waals surface area contributed by atoms with Crippen LogP contribution in [0.5, 0.6) is 23.0 Å². The zero-order valence-corrected chi connectivity index (χ0v) is 41.5. The first-order valence-electron chi connectivity index (χ1n) is 22.7. The fraction of sp³-hybridized carbons (Fsp3) is 0.246.